The van der Waals surface area contributed by atoms with E-state index in [0.717, 1.165) is 19.8 Å². The molecule has 2 amide bonds. The van der Waals surface area contributed by atoms with Crippen molar-refractivity contribution in [2.45, 2.75) is 25.6 Å². The van der Waals surface area contributed by atoms with E-state index in [1.807, 2.05) is 6.07 Å². The number of hydrogen-bond donors (Lipinski definition) is 1. The Kier molecular flexibility index (Phi) is 5.74. The third-order valence-electron chi connectivity index (χ3n) is 4.13. The molecular formula is C17H20N2O6. The van der Waals surface area contributed by atoms with E-state index in [9.17, 15) is 19.2 Å². The van der Waals surface area contributed by atoms with Crippen molar-refractivity contribution in [1.29, 1.82) is 0 Å². The van der Waals surface area contributed by atoms with Crippen molar-refractivity contribution >= 4 is 23.8 Å². The van der Waals surface area contributed by atoms with E-state index >= 15 is 0 Å². The van der Waals surface area contributed by atoms with Gasteiger partial charge in [0.1, 0.15) is 12.1 Å². The Balaban J connectivity index is 2.43. The maximum atomic E-state index is 13.0. The van der Waals surface area contributed by atoms with Crippen molar-refractivity contribution in [2.75, 3.05) is 14.2 Å². The summed E-state index contributed by atoms with van der Waals surface area (Å²) in [6.45, 7) is 1.65. The fourth-order valence-corrected chi connectivity index (χ4v) is 2.69. The molecule has 0 aliphatic carbocycles. The van der Waals surface area contributed by atoms with Gasteiger partial charge in [-0.15, -0.1) is 0 Å². The molecule has 0 aromatic heterocycles. The molecule has 1 aromatic rings. The van der Waals surface area contributed by atoms with Crippen LogP contribution < -0.4 is 5.32 Å². The Hall–Kier alpha value is -2.90. The average molecular weight is 348 g/mol. The number of carbonyl (C=O) groups excluding carboxylic acids is 4. The molecule has 1 aliphatic heterocycles. The van der Waals surface area contributed by atoms with Crippen LogP contribution in [0, 0.1) is 5.92 Å². The highest BCUT2D eigenvalue weighted by Crippen LogP contribution is 2.21. The van der Waals surface area contributed by atoms with Gasteiger partial charge in [-0.25, -0.2) is 4.79 Å². The number of rotatable bonds is 4. The van der Waals surface area contributed by atoms with Gasteiger partial charge in [0.05, 0.1) is 14.2 Å². The highest BCUT2D eigenvalue weighted by molar-refractivity contribution is 6.06. The monoisotopic (exact) mass is 348 g/mol. The summed E-state index contributed by atoms with van der Waals surface area (Å²) in [5, 5.41) is 2.41. The van der Waals surface area contributed by atoms with Crippen molar-refractivity contribution < 1.29 is 28.7 Å². The molecule has 2 rings (SSSR count). The first kappa shape index (κ1) is 18.4. The SMILES string of the molecule is COC(=O)[C@H]1C(=O)N(Cc2ccccc2)[C@H](C)C(=O)N[C@@H]1C(=O)OC. The van der Waals surface area contributed by atoms with Gasteiger partial charge in [0, 0.05) is 6.54 Å². The molecule has 134 valence electrons. The molecule has 3 atom stereocenters. The summed E-state index contributed by atoms with van der Waals surface area (Å²) in [4.78, 5) is 50.7. The normalized spacial score (nSPS) is 23.5. The molecule has 25 heavy (non-hydrogen) atoms. The molecule has 0 spiro atoms. The van der Waals surface area contributed by atoms with Crippen LogP contribution in [0.25, 0.3) is 0 Å². The van der Waals surface area contributed by atoms with Gasteiger partial charge in [-0.1, -0.05) is 30.3 Å². The number of benzene rings is 1. The highest BCUT2D eigenvalue weighted by Gasteiger charge is 2.48. The third-order valence-corrected chi connectivity index (χ3v) is 4.13. The molecule has 0 saturated carbocycles. The van der Waals surface area contributed by atoms with Crippen molar-refractivity contribution in [3.8, 4) is 0 Å². The van der Waals surface area contributed by atoms with Gasteiger partial charge in [0.15, 0.2) is 5.92 Å². The van der Waals surface area contributed by atoms with Crippen molar-refractivity contribution in [1.82, 2.24) is 10.2 Å². The van der Waals surface area contributed by atoms with E-state index in [1.165, 1.54) is 11.8 Å². The minimum Gasteiger partial charge on any atom is -0.468 e. The van der Waals surface area contributed by atoms with Crippen LogP contribution in [0.2, 0.25) is 0 Å². The summed E-state index contributed by atoms with van der Waals surface area (Å²) in [6.07, 6.45) is 0. The first-order valence-electron chi connectivity index (χ1n) is 7.71. The van der Waals surface area contributed by atoms with E-state index < -0.39 is 41.8 Å². The number of nitrogens with zero attached hydrogens (tertiary/aromatic N) is 1. The summed E-state index contributed by atoms with van der Waals surface area (Å²) in [7, 11) is 2.23. The van der Waals surface area contributed by atoms with Gasteiger partial charge in [0.25, 0.3) is 0 Å². The smallest absolute Gasteiger partial charge is 0.329 e. The van der Waals surface area contributed by atoms with E-state index in [2.05, 4.69) is 14.8 Å². The van der Waals surface area contributed by atoms with Crippen LogP contribution in [0.1, 0.15) is 12.5 Å². The summed E-state index contributed by atoms with van der Waals surface area (Å²) < 4.78 is 9.29. The van der Waals surface area contributed by atoms with Crippen LogP contribution in [0.15, 0.2) is 30.3 Å². The van der Waals surface area contributed by atoms with Crippen LogP contribution in [0.4, 0.5) is 0 Å². The second-order valence-electron chi connectivity index (χ2n) is 5.64. The fourth-order valence-electron chi connectivity index (χ4n) is 2.69. The number of amides is 2. The Morgan fingerprint density at radius 1 is 1.08 bits per heavy atom. The first-order valence-corrected chi connectivity index (χ1v) is 7.71. The van der Waals surface area contributed by atoms with Gasteiger partial charge in [0.2, 0.25) is 11.8 Å². The lowest BCUT2D eigenvalue weighted by Gasteiger charge is -2.27. The van der Waals surface area contributed by atoms with E-state index in [4.69, 9.17) is 0 Å². The first-order chi connectivity index (χ1) is 11.9. The Morgan fingerprint density at radius 2 is 1.68 bits per heavy atom. The summed E-state index contributed by atoms with van der Waals surface area (Å²) in [5.41, 5.74) is 0.788. The second kappa shape index (κ2) is 7.78. The summed E-state index contributed by atoms with van der Waals surface area (Å²) >= 11 is 0. The van der Waals surface area contributed by atoms with Crippen molar-refractivity contribution in [3.63, 3.8) is 0 Å². The molecule has 0 unspecified atom stereocenters. The number of hydrogen-bond acceptors (Lipinski definition) is 6. The number of ether oxygens (including phenoxy) is 2. The fraction of sp³-hybridized carbons (Fsp3) is 0.412. The molecule has 8 nitrogen and oxygen atoms in total. The number of esters is 2. The zero-order chi connectivity index (χ0) is 18.6. The maximum Gasteiger partial charge on any atom is 0.329 e. The average Bonchev–Trinajstić information content (AvgIpc) is 2.72. The lowest BCUT2D eigenvalue weighted by atomic mass is 9.98. The lowest BCUT2D eigenvalue weighted by molar-refractivity contribution is -0.161. The second-order valence-corrected chi connectivity index (χ2v) is 5.64. The molecule has 1 aliphatic rings. The largest absolute Gasteiger partial charge is 0.468 e. The molecule has 1 heterocycles. The Labute approximate surface area is 145 Å². The van der Waals surface area contributed by atoms with Crippen LogP contribution in [-0.4, -0.2) is 55.0 Å². The van der Waals surface area contributed by atoms with Gasteiger partial charge in [-0.2, -0.15) is 0 Å². The standard InChI is InChI=1S/C17H20N2O6/c1-10-14(20)18-13(17(23)25-3)12(16(22)24-2)15(21)19(10)9-11-7-5-4-6-8-11/h4-8,10,12-13H,9H2,1-3H3,(H,18,20)/t10-,12-,13+/m1/s1. The third kappa shape index (κ3) is 3.78. The van der Waals surface area contributed by atoms with Gasteiger partial charge < -0.3 is 19.7 Å². The number of nitrogens with one attached hydrogen (secondary N) is 1. The molecule has 0 radical (unpaired) electrons. The van der Waals surface area contributed by atoms with E-state index in [0.29, 0.717) is 0 Å². The maximum absolute atomic E-state index is 13.0. The highest BCUT2D eigenvalue weighted by atomic mass is 16.5. The summed E-state index contributed by atoms with van der Waals surface area (Å²) in [5.74, 6) is -4.52. The van der Waals surface area contributed by atoms with Gasteiger partial charge >= 0.3 is 11.9 Å². The molecule has 8 heteroatoms. The van der Waals surface area contributed by atoms with Crippen LogP contribution in [0.3, 0.4) is 0 Å². The van der Waals surface area contributed by atoms with Crippen molar-refractivity contribution in [2.24, 2.45) is 5.92 Å². The number of carbonyl (C=O) groups is 4. The topological polar surface area (TPSA) is 102 Å². The predicted molar refractivity (Wildman–Crippen MR) is 85.9 cm³/mol. The van der Waals surface area contributed by atoms with Crippen molar-refractivity contribution in [3.05, 3.63) is 35.9 Å². The zero-order valence-corrected chi connectivity index (χ0v) is 14.2. The predicted octanol–water partition coefficient (Wildman–Crippen LogP) is -0.136. The van der Waals surface area contributed by atoms with Gasteiger partial charge in [-0.3, -0.25) is 14.4 Å². The molecule has 1 fully saturated rings. The Bertz CT molecular complexity index is 675. The molecule has 1 saturated heterocycles. The van der Waals surface area contributed by atoms with Gasteiger partial charge in [-0.05, 0) is 12.5 Å². The van der Waals surface area contributed by atoms with E-state index in [-0.39, 0.29) is 6.54 Å². The van der Waals surface area contributed by atoms with E-state index in [1.54, 1.807) is 24.3 Å². The number of methoxy groups -OCH3 is 2. The Morgan fingerprint density at radius 3 is 2.24 bits per heavy atom. The zero-order valence-electron chi connectivity index (χ0n) is 14.2. The minimum absolute atomic E-state index is 0.121. The van der Waals surface area contributed by atoms with Crippen LogP contribution in [-0.2, 0) is 35.2 Å². The molecule has 1 N–H and O–H groups in total. The van der Waals surface area contributed by atoms with Crippen LogP contribution >= 0.6 is 0 Å². The molecule has 0 bridgehead atoms. The minimum atomic E-state index is -1.50. The molecule has 1 aromatic carbocycles. The molecular weight excluding hydrogens is 328 g/mol. The van der Waals surface area contributed by atoms with Crippen LogP contribution in [0.5, 0.6) is 0 Å². The lowest BCUT2D eigenvalue weighted by Crippen LogP contribution is -2.51. The summed E-state index contributed by atoms with van der Waals surface area (Å²) in [6, 6.07) is 6.74. The quantitative estimate of drug-likeness (QED) is 0.600.